The highest BCUT2D eigenvalue weighted by molar-refractivity contribution is 14.1. The molecule has 3 rings (SSSR count). The van der Waals surface area contributed by atoms with E-state index in [1.807, 2.05) is 0 Å². The average molecular weight is 338 g/mol. The Morgan fingerprint density at radius 2 is 2.00 bits per heavy atom. The summed E-state index contributed by atoms with van der Waals surface area (Å²) >= 11 is 2.50. The first-order chi connectivity index (χ1) is 8.00. The third-order valence-electron chi connectivity index (χ3n) is 4.60. The van der Waals surface area contributed by atoms with Gasteiger partial charge in [-0.1, -0.05) is 31.6 Å². The molecule has 1 atom stereocenters. The first-order valence-electron chi connectivity index (χ1n) is 6.47. The van der Waals surface area contributed by atoms with Gasteiger partial charge in [0.2, 0.25) is 0 Å². The Bertz CT molecular complexity index is 498. The topological polar surface area (TPSA) is 0 Å². The van der Waals surface area contributed by atoms with Gasteiger partial charge in [0.25, 0.3) is 0 Å². The molecule has 0 saturated carbocycles. The summed E-state index contributed by atoms with van der Waals surface area (Å²) in [4.78, 5) is 0. The zero-order valence-corrected chi connectivity index (χ0v) is 13.0. The Kier molecular flexibility index (Phi) is 2.66. The van der Waals surface area contributed by atoms with E-state index in [-0.39, 0.29) is 0 Å². The molecule has 17 heavy (non-hydrogen) atoms. The Hall–Kier alpha value is -0.310. The minimum Gasteiger partial charge on any atom is -0.0727 e. The molecule has 1 heteroatoms. The molecule has 0 nitrogen and oxygen atoms in total. The van der Waals surface area contributed by atoms with E-state index in [2.05, 4.69) is 61.6 Å². The molecule has 0 N–H and O–H groups in total. The van der Waals surface area contributed by atoms with E-state index in [9.17, 15) is 0 Å². The highest BCUT2D eigenvalue weighted by Crippen LogP contribution is 2.57. The van der Waals surface area contributed by atoms with Crippen LogP contribution in [0.5, 0.6) is 0 Å². The van der Waals surface area contributed by atoms with Crippen LogP contribution < -0.4 is 0 Å². The number of fused-ring (bicyclic) bond motifs is 2. The van der Waals surface area contributed by atoms with Crippen LogP contribution in [0.4, 0.5) is 0 Å². The molecule has 0 aliphatic heterocycles. The number of hydrogen-bond donors (Lipinski definition) is 0. The number of hydrogen-bond acceptors (Lipinski definition) is 0. The van der Waals surface area contributed by atoms with Crippen molar-refractivity contribution in [2.75, 3.05) is 0 Å². The highest BCUT2D eigenvalue weighted by atomic mass is 127. The summed E-state index contributed by atoms with van der Waals surface area (Å²) in [5.41, 5.74) is 6.77. The molecule has 0 aromatic rings. The summed E-state index contributed by atoms with van der Waals surface area (Å²) in [6, 6.07) is 0. The third kappa shape index (κ3) is 1.69. The molecule has 0 fully saturated rings. The van der Waals surface area contributed by atoms with Gasteiger partial charge in [-0.2, -0.15) is 0 Å². The van der Waals surface area contributed by atoms with Gasteiger partial charge in [-0.05, 0) is 86.5 Å². The van der Waals surface area contributed by atoms with Crippen molar-refractivity contribution in [2.24, 2.45) is 11.3 Å². The molecule has 90 valence electrons. The predicted molar refractivity (Wildman–Crippen MR) is 82.1 cm³/mol. The minimum absolute atomic E-state index is 0.327. The second-order valence-electron chi connectivity index (χ2n) is 6.10. The average Bonchev–Trinajstić information content (AvgIpc) is 2.49. The maximum Gasteiger partial charge on any atom is -0.00287 e. The van der Waals surface area contributed by atoms with E-state index >= 15 is 0 Å². The molecule has 0 aromatic carbocycles. The van der Waals surface area contributed by atoms with E-state index in [1.165, 1.54) is 28.4 Å². The van der Waals surface area contributed by atoms with Gasteiger partial charge >= 0.3 is 0 Å². The lowest BCUT2D eigenvalue weighted by Gasteiger charge is -2.32. The SMILES string of the molecule is CC1=CC=C2C3=C(C=C(I)CC3)C(C)(C)C2C1. The number of rotatable bonds is 0. The van der Waals surface area contributed by atoms with Crippen LogP contribution in [0.25, 0.3) is 0 Å². The first kappa shape index (κ1) is 11.8. The van der Waals surface area contributed by atoms with E-state index in [0.717, 1.165) is 5.92 Å². The van der Waals surface area contributed by atoms with Crippen molar-refractivity contribution in [1.29, 1.82) is 0 Å². The summed E-state index contributed by atoms with van der Waals surface area (Å²) in [5.74, 6) is 0.719. The highest BCUT2D eigenvalue weighted by Gasteiger charge is 2.44. The lowest BCUT2D eigenvalue weighted by Crippen LogP contribution is -2.23. The van der Waals surface area contributed by atoms with Crippen LogP contribution in [0.3, 0.4) is 0 Å². The smallest absolute Gasteiger partial charge is 0.00287 e. The van der Waals surface area contributed by atoms with E-state index in [1.54, 1.807) is 16.7 Å². The van der Waals surface area contributed by atoms with Gasteiger partial charge in [0.05, 0.1) is 0 Å². The first-order valence-corrected chi connectivity index (χ1v) is 7.55. The van der Waals surface area contributed by atoms with Gasteiger partial charge in [-0.25, -0.2) is 0 Å². The molecule has 0 spiro atoms. The van der Waals surface area contributed by atoms with Crippen molar-refractivity contribution < 1.29 is 0 Å². The number of allylic oxidation sites excluding steroid dienone is 8. The lowest BCUT2D eigenvalue weighted by atomic mass is 9.72. The molecule has 3 aliphatic rings. The standard InChI is InChI=1S/C16H19I/c1-10-4-6-12-13-7-5-11(17)9-15(13)16(2,3)14(12)8-10/h4,6,9,14H,5,7-8H2,1-3H3. The van der Waals surface area contributed by atoms with Crippen LogP contribution in [0.1, 0.15) is 40.0 Å². The van der Waals surface area contributed by atoms with Crippen molar-refractivity contribution in [3.8, 4) is 0 Å². The van der Waals surface area contributed by atoms with Gasteiger partial charge in [-0.3, -0.25) is 0 Å². The lowest BCUT2D eigenvalue weighted by molar-refractivity contribution is 0.331. The fraction of sp³-hybridized carbons (Fsp3) is 0.500. The van der Waals surface area contributed by atoms with Crippen LogP contribution in [0.2, 0.25) is 0 Å². The summed E-state index contributed by atoms with van der Waals surface area (Å²) in [7, 11) is 0. The maximum absolute atomic E-state index is 2.50. The zero-order valence-electron chi connectivity index (χ0n) is 10.8. The van der Waals surface area contributed by atoms with Crippen LogP contribution in [0, 0.1) is 11.3 Å². The van der Waals surface area contributed by atoms with Gasteiger partial charge in [0.15, 0.2) is 0 Å². The van der Waals surface area contributed by atoms with Crippen LogP contribution >= 0.6 is 22.6 Å². The zero-order chi connectivity index (χ0) is 12.2. The third-order valence-corrected chi connectivity index (χ3v) is 5.45. The van der Waals surface area contributed by atoms with Crippen LogP contribution in [0.15, 0.2) is 44.1 Å². The summed E-state index contributed by atoms with van der Waals surface area (Å²) in [6.07, 6.45) is 10.9. The van der Waals surface area contributed by atoms with Crippen LogP contribution in [-0.2, 0) is 0 Å². The van der Waals surface area contributed by atoms with E-state index in [0.29, 0.717) is 5.41 Å². The summed E-state index contributed by atoms with van der Waals surface area (Å²) in [6.45, 7) is 7.12. The Balaban J connectivity index is 2.15. The van der Waals surface area contributed by atoms with Gasteiger partial charge in [0, 0.05) is 0 Å². The molecule has 0 heterocycles. The van der Waals surface area contributed by atoms with Crippen molar-refractivity contribution in [2.45, 2.75) is 40.0 Å². The molecule has 0 amide bonds. The van der Waals surface area contributed by atoms with Crippen LogP contribution in [-0.4, -0.2) is 0 Å². The number of halogens is 1. The molecule has 0 saturated heterocycles. The fourth-order valence-electron chi connectivity index (χ4n) is 3.56. The van der Waals surface area contributed by atoms with Gasteiger partial charge in [0.1, 0.15) is 0 Å². The van der Waals surface area contributed by atoms with Crippen molar-refractivity contribution in [3.05, 3.63) is 44.1 Å². The van der Waals surface area contributed by atoms with Gasteiger partial charge in [-0.15, -0.1) is 0 Å². The Morgan fingerprint density at radius 3 is 2.76 bits per heavy atom. The quantitative estimate of drug-likeness (QED) is 0.524. The normalized spacial score (nSPS) is 30.4. The molecule has 3 aliphatic carbocycles. The maximum atomic E-state index is 2.50. The van der Waals surface area contributed by atoms with Crippen molar-refractivity contribution in [3.63, 3.8) is 0 Å². The molecule has 0 bridgehead atoms. The molecule has 1 unspecified atom stereocenters. The monoisotopic (exact) mass is 338 g/mol. The Labute approximate surface area is 118 Å². The fourth-order valence-corrected chi connectivity index (χ4v) is 4.14. The summed E-state index contributed by atoms with van der Waals surface area (Å²) < 4.78 is 1.53. The second kappa shape index (κ2) is 3.84. The molecular weight excluding hydrogens is 319 g/mol. The molecular formula is C16H19I. The molecule has 0 radical (unpaired) electrons. The summed E-state index contributed by atoms with van der Waals surface area (Å²) in [5, 5.41) is 0. The van der Waals surface area contributed by atoms with Crippen molar-refractivity contribution in [1.82, 2.24) is 0 Å². The minimum atomic E-state index is 0.327. The van der Waals surface area contributed by atoms with Gasteiger partial charge < -0.3 is 0 Å². The van der Waals surface area contributed by atoms with Crippen molar-refractivity contribution >= 4 is 22.6 Å². The molecule has 0 aromatic heterocycles. The van der Waals surface area contributed by atoms with E-state index < -0.39 is 0 Å². The Morgan fingerprint density at radius 1 is 1.24 bits per heavy atom. The predicted octanol–water partition coefficient (Wildman–Crippen LogP) is 5.33. The largest absolute Gasteiger partial charge is 0.0727 e. The van der Waals surface area contributed by atoms with E-state index in [4.69, 9.17) is 0 Å². The second-order valence-corrected chi connectivity index (χ2v) is 7.48.